The molecule has 0 radical (unpaired) electrons. The van der Waals surface area contributed by atoms with Gasteiger partial charge in [-0.15, -0.1) is 0 Å². The van der Waals surface area contributed by atoms with Crippen molar-refractivity contribution in [2.45, 2.75) is 26.8 Å². The van der Waals surface area contributed by atoms with Crippen LogP contribution >= 0.6 is 31.9 Å². The summed E-state index contributed by atoms with van der Waals surface area (Å²) in [7, 11) is 0. The minimum atomic E-state index is 0.612. The van der Waals surface area contributed by atoms with Crippen molar-refractivity contribution in [1.29, 1.82) is 0 Å². The molecular formula is C12H19Br2NO2. The summed E-state index contributed by atoms with van der Waals surface area (Å²) >= 11 is 6.70. The normalized spacial score (nSPS) is 11.4. The lowest BCUT2D eigenvalue weighted by atomic mass is 10.2. The Morgan fingerprint density at radius 1 is 1.41 bits per heavy atom. The molecule has 0 fully saturated rings. The summed E-state index contributed by atoms with van der Waals surface area (Å²) in [4.78, 5) is 0. The zero-order valence-electron chi connectivity index (χ0n) is 10.3. The topological polar surface area (TPSA) is 34.4 Å². The van der Waals surface area contributed by atoms with Gasteiger partial charge >= 0.3 is 0 Å². The second-order valence-corrected chi connectivity index (χ2v) is 5.91. The average molecular weight is 369 g/mol. The minimum absolute atomic E-state index is 0.612. The van der Waals surface area contributed by atoms with Crippen molar-refractivity contribution in [3.8, 4) is 0 Å². The minimum Gasteiger partial charge on any atom is -0.452 e. The van der Waals surface area contributed by atoms with Gasteiger partial charge in [-0.3, -0.25) is 0 Å². The molecule has 1 rings (SSSR count). The molecule has 0 aliphatic carbocycles. The highest BCUT2D eigenvalue weighted by atomic mass is 79.9. The predicted molar refractivity (Wildman–Crippen MR) is 76.1 cm³/mol. The van der Waals surface area contributed by atoms with Crippen molar-refractivity contribution in [1.82, 2.24) is 5.32 Å². The Kier molecular flexibility index (Phi) is 7.43. The molecule has 0 spiro atoms. The van der Waals surface area contributed by atoms with Crippen LogP contribution in [-0.4, -0.2) is 19.8 Å². The van der Waals surface area contributed by atoms with Gasteiger partial charge in [0.25, 0.3) is 0 Å². The van der Waals surface area contributed by atoms with E-state index in [0.717, 1.165) is 47.6 Å². The van der Waals surface area contributed by atoms with Crippen LogP contribution in [0.4, 0.5) is 0 Å². The highest BCUT2D eigenvalue weighted by Gasteiger charge is 2.04. The molecule has 1 aromatic rings. The Balaban J connectivity index is 2.01. The summed E-state index contributed by atoms with van der Waals surface area (Å²) < 4.78 is 12.6. The molecule has 0 aromatic carbocycles. The molecule has 0 amide bonds. The van der Waals surface area contributed by atoms with Crippen LogP contribution in [0, 0.1) is 5.92 Å². The van der Waals surface area contributed by atoms with Gasteiger partial charge in [0.05, 0.1) is 11.0 Å². The molecule has 0 saturated heterocycles. The maximum atomic E-state index is 5.49. The van der Waals surface area contributed by atoms with Crippen LogP contribution < -0.4 is 5.32 Å². The highest BCUT2D eigenvalue weighted by Crippen LogP contribution is 2.26. The molecular weight excluding hydrogens is 350 g/mol. The molecule has 0 bridgehead atoms. The Morgan fingerprint density at radius 2 is 2.18 bits per heavy atom. The van der Waals surface area contributed by atoms with Crippen molar-refractivity contribution in [3.05, 3.63) is 21.0 Å². The van der Waals surface area contributed by atoms with Crippen LogP contribution in [0.15, 0.2) is 19.6 Å². The first-order valence-electron chi connectivity index (χ1n) is 5.81. The van der Waals surface area contributed by atoms with Crippen molar-refractivity contribution in [2.75, 3.05) is 19.8 Å². The van der Waals surface area contributed by atoms with Crippen molar-refractivity contribution >= 4 is 31.9 Å². The number of hydrogen-bond donors (Lipinski definition) is 1. The summed E-state index contributed by atoms with van der Waals surface area (Å²) in [6, 6.07) is 1.96. The van der Waals surface area contributed by atoms with Crippen LogP contribution in [-0.2, 0) is 11.3 Å². The van der Waals surface area contributed by atoms with Crippen LogP contribution in [0.25, 0.3) is 0 Å². The molecule has 1 N–H and O–H groups in total. The lowest BCUT2D eigenvalue weighted by Gasteiger charge is -2.06. The molecule has 0 unspecified atom stereocenters. The third kappa shape index (κ3) is 6.60. The van der Waals surface area contributed by atoms with Crippen molar-refractivity contribution in [2.24, 2.45) is 5.92 Å². The van der Waals surface area contributed by atoms with E-state index in [4.69, 9.17) is 9.15 Å². The Morgan fingerprint density at radius 3 is 2.76 bits per heavy atom. The molecule has 1 heterocycles. The third-order valence-corrected chi connectivity index (χ3v) is 3.80. The van der Waals surface area contributed by atoms with Gasteiger partial charge in [-0.25, -0.2) is 0 Å². The van der Waals surface area contributed by atoms with E-state index in [-0.39, 0.29) is 0 Å². The third-order valence-electron chi connectivity index (χ3n) is 2.09. The number of rotatable bonds is 8. The molecule has 17 heavy (non-hydrogen) atoms. The molecule has 1 aromatic heterocycles. The molecule has 5 heteroatoms. The summed E-state index contributed by atoms with van der Waals surface area (Å²) in [5.74, 6) is 1.53. The Labute approximate surface area is 120 Å². The smallest absolute Gasteiger partial charge is 0.183 e. The lowest BCUT2D eigenvalue weighted by Crippen LogP contribution is -2.16. The van der Waals surface area contributed by atoms with E-state index < -0.39 is 0 Å². The SMILES string of the molecule is CC(C)COCCCNCc1cc(Br)c(Br)o1. The van der Waals surface area contributed by atoms with Gasteiger partial charge in [0.1, 0.15) is 5.76 Å². The second-order valence-electron chi connectivity index (χ2n) is 4.33. The molecule has 0 aliphatic heterocycles. The first kappa shape index (κ1) is 15.2. The average Bonchev–Trinajstić information content (AvgIpc) is 2.56. The monoisotopic (exact) mass is 367 g/mol. The van der Waals surface area contributed by atoms with Crippen LogP contribution in [0.2, 0.25) is 0 Å². The fourth-order valence-electron chi connectivity index (χ4n) is 1.31. The van der Waals surface area contributed by atoms with Gasteiger partial charge < -0.3 is 14.5 Å². The fraction of sp³-hybridized carbons (Fsp3) is 0.667. The fourth-order valence-corrected chi connectivity index (χ4v) is 1.97. The first-order valence-corrected chi connectivity index (χ1v) is 7.40. The van der Waals surface area contributed by atoms with Gasteiger partial charge in [-0.2, -0.15) is 0 Å². The van der Waals surface area contributed by atoms with E-state index >= 15 is 0 Å². The molecule has 0 aliphatic rings. The quantitative estimate of drug-likeness (QED) is 0.705. The van der Waals surface area contributed by atoms with Crippen molar-refractivity contribution < 1.29 is 9.15 Å². The standard InChI is InChI=1S/C12H19Br2NO2/c1-9(2)8-16-5-3-4-15-7-10-6-11(13)12(14)17-10/h6,9,15H,3-5,7-8H2,1-2H3. The highest BCUT2D eigenvalue weighted by molar-refractivity contribution is 9.13. The Hall–Kier alpha value is 0.160. The zero-order valence-corrected chi connectivity index (χ0v) is 13.4. The molecule has 0 saturated carbocycles. The zero-order chi connectivity index (χ0) is 12.7. The van der Waals surface area contributed by atoms with E-state index in [1.165, 1.54) is 0 Å². The van der Waals surface area contributed by atoms with Gasteiger partial charge in [0.2, 0.25) is 0 Å². The van der Waals surface area contributed by atoms with Crippen molar-refractivity contribution in [3.63, 3.8) is 0 Å². The van der Waals surface area contributed by atoms with Crippen LogP contribution in [0.1, 0.15) is 26.0 Å². The molecule has 98 valence electrons. The van der Waals surface area contributed by atoms with E-state index in [1.54, 1.807) is 0 Å². The second kappa shape index (κ2) is 8.29. The largest absolute Gasteiger partial charge is 0.452 e. The number of hydrogen-bond acceptors (Lipinski definition) is 3. The number of furan rings is 1. The lowest BCUT2D eigenvalue weighted by molar-refractivity contribution is 0.108. The van der Waals surface area contributed by atoms with E-state index in [9.17, 15) is 0 Å². The number of nitrogens with one attached hydrogen (secondary N) is 1. The first-order chi connectivity index (χ1) is 8.09. The summed E-state index contributed by atoms with van der Waals surface area (Å²) in [6.07, 6.45) is 1.02. The van der Waals surface area contributed by atoms with E-state index in [0.29, 0.717) is 5.92 Å². The van der Waals surface area contributed by atoms with Crippen LogP contribution in [0.5, 0.6) is 0 Å². The summed E-state index contributed by atoms with van der Waals surface area (Å²) in [5, 5.41) is 3.31. The Bertz CT molecular complexity index is 307. The van der Waals surface area contributed by atoms with Gasteiger partial charge in [-0.05, 0) is 56.8 Å². The van der Waals surface area contributed by atoms with Crippen LogP contribution in [0.3, 0.4) is 0 Å². The molecule has 3 nitrogen and oxygen atoms in total. The number of halogens is 2. The predicted octanol–water partition coefficient (Wildman–Crippen LogP) is 3.96. The van der Waals surface area contributed by atoms with E-state index in [1.807, 2.05) is 6.07 Å². The summed E-state index contributed by atoms with van der Waals surface area (Å²) in [5.41, 5.74) is 0. The van der Waals surface area contributed by atoms with E-state index in [2.05, 4.69) is 51.0 Å². The van der Waals surface area contributed by atoms with Gasteiger partial charge in [0.15, 0.2) is 4.67 Å². The maximum absolute atomic E-state index is 5.49. The van der Waals surface area contributed by atoms with Gasteiger partial charge in [0, 0.05) is 13.2 Å². The van der Waals surface area contributed by atoms with Gasteiger partial charge in [-0.1, -0.05) is 13.8 Å². The number of ether oxygens (including phenoxy) is 1. The maximum Gasteiger partial charge on any atom is 0.183 e. The summed E-state index contributed by atoms with van der Waals surface area (Å²) in [6.45, 7) is 7.66. The molecule has 0 atom stereocenters.